The third-order valence-corrected chi connectivity index (χ3v) is 9.56. The molecule has 12 heteroatoms. The fourth-order valence-corrected chi connectivity index (χ4v) is 6.26. The molecule has 4 N–H and O–H groups in total. The first-order valence-electron chi connectivity index (χ1n) is 19.6. The standard InChI is InChI=1S/C37H72NO10P/c1-3-5-7-8-9-10-11-12-13-14-15-16-17-18-19-20-21-22-23-24-25-27-29-36(40)48-33(30-45-35(39)28-26-6-4-2)31-46-49(43,44)47-32-34(38)37(41)42/h33-34H,3-32,38H2,1-2H3,(H,41,42)(H,43,44). The Bertz CT molecular complexity index is 859. The zero-order valence-corrected chi connectivity index (χ0v) is 31.9. The van der Waals surface area contributed by atoms with Gasteiger partial charge in [-0.2, -0.15) is 0 Å². The Morgan fingerprint density at radius 2 is 0.898 bits per heavy atom. The molecule has 49 heavy (non-hydrogen) atoms. The molecule has 0 fully saturated rings. The zero-order valence-electron chi connectivity index (χ0n) is 31.1. The summed E-state index contributed by atoms with van der Waals surface area (Å²) in [6, 6.07) is -1.51. The second kappa shape index (κ2) is 33.6. The monoisotopic (exact) mass is 721 g/mol. The molecule has 0 bridgehead atoms. The van der Waals surface area contributed by atoms with Gasteiger partial charge in [0, 0.05) is 12.8 Å². The highest BCUT2D eigenvalue weighted by Crippen LogP contribution is 2.43. The van der Waals surface area contributed by atoms with Gasteiger partial charge >= 0.3 is 25.7 Å². The smallest absolute Gasteiger partial charge is 0.472 e. The molecule has 0 aromatic carbocycles. The molecule has 3 unspecified atom stereocenters. The number of aliphatic carboxylic acids is 1. The van der Waals surface area contributed by atoms with Crippen molar-refractivity contribution in [3.8, 4) is 0 Å². The van der Waals surface area contributed by atoms with E-state index in [1.165, 1.54) is 116 Å². The number of ether oxygens (including phenoxy) is 2. The summed E-state index contributed by atoms with van der Waals surface area (Å²) < 4.78 is 32.2. The minimum absolute atomic E-state index is 0.167. The largest absolute Gasteiger partial charge is 0.480 e. The third kappa shape index (κ3) is 33.4. The van der Waals surface area contributed by atoms with Crippen LogP contribution >= 0.6 is 7.82 Å². The van der Waals surface area contributed by atoms with E-state index in [0.29, 0.717) is 12.8 Å². The molecular formula is C37H72NO10P. The van der Waals surface area contributed by atoms with Gasteiger partial charge in [-0.25, -0.2) is 4.57 Å². The minimum Gasteiger partial charge on any atom is -0.480 e. The molecule has 0 heterocycles. The minimum atomic E-state index is -4.69. The highest BCUT2D eigenvalue weighted by molar-refractivity contribution is 7.47. The lowest BCUT2D eigenvalue weighted by atomic mass is 10.0. The number of unbranched alkanes of at least 4 members (excludes halogenated alkanes) is 23. The summed E-state index contributed by atoms with van der Waals surface area (Å²) in [6.07, 6.45) is 30.0. The summed E-state index contributed by atoms with van der Waals surface area (Å²) in [5, 5.41) is 8.81. The molecule has 3 atom stereocenters. The highest BCUT2D eigenvalue weighted by Gasteiger charge is 2.28. The molecule has 0 aliphatic rings. The summed E-state index contributed by atoms with van der Waals surface area (Å²) >= 11 is 0. The predicted octanol–water partition coefficient (Wildman–Crippen LogP) is 9.56. The maximum Gasteiger partial charge on any atom is 0.472 e. The van der Waals surface area contributed by atoms with Gasteiger partial charge < -0.3 is 25.2 Å². The van der Waals surface area contributed by atoms with E-state index in [1.54, 1.807) is 0 Å². The molecular weight excluding hydrogens is 649 g/mol. The van der Waals surface area contributed by atoms with Crippen LogP contribution in [0.5, 0.6) is 0 Å². The Morgan fingerprint density at radius 1 is 0.551 bits per heavy atom. The molecule has 0 aromatic rings. The van der Waals surface area contributed by atoms with Crippen LogP contribution in [0.3, 0.4) is 0 Å². The number of carboxylic acid groups (broad SMARTS) is 1. The van der Waals surface area contributed by atoms with Crippen molar-refractivity contribution in [2.24, 2.45) is 5.73 Å². The average molecular weight is 722 g/mol. The third-order valence-electron chi connectivity index (χ3n) is 8.61. The van der Waals surface area contributed by atoms with E-state index in [9.17, 15) is 23.8 Å². The van der Waals surface area contributed by atoms with Crippen molar-refractivity contribution in [2.75, 3.05) is 19.8 Å². The Labute approximate surface area is 297 Å². The number of carboxylic acids is 1. The number of rotatable bonds is 37. The first-order chi connectivity index (χ1) is 23.6. The normalized spacial score (nSPS) is 13.9. The number of hydrogen-bond acceptors (Lipinski definition) is 9. The number of esters is 2. The summed E-state index contributed by atoms with van der Waals surface area (Å²) in [4.78, 5) is 45.2. The van der Waals surface area contributed by atoms with Crippen LogP contribution in [-0.4, -0.2) is 59.9 Å². The van der Waals surface area contributed by atoms with E-state index in [1.807, 2.05) is 6.92 Å². The molecule has 0 aromatic heterocycles. The second-order valence-corrected chi connectivity index (χ2v) is 14.9. The maximum absolute atomic E-state index is 12.5. The molecule has 0 rings (SSSR count). The molecule has 290 valence electrons. The Balaban J connectivity index is 4.00. The van der Waals surface area contributed by atoms with Crippen LogP contribution in [-0.2, 0) is 37.5 Å². The van der Waals surface area contributed by atoms with Crippen LogP contribution in [0.4, 0.5) is 0 Å². The van der Waals surface area contributed by atoms with Crippen LogP contribution < -0.4 is 5.73 Å². The van der Waals surface area contributed by atoms with Gasteiger partial charge in [-0.05, 0) is 12.8 Å². The van der Waals surface area contributed by atoms with Gasteiger partial charge in [0.05, 0.1) is 13.2 Å². The Hall–Kier alpha value is -1.52. The van der Waals surface area contributed by atoms with E-state index >= 15 is 0 Å². The SMILES string of the molecule is CCCCCCCCCCCCCCCCCCCCCCCCC(=O)OC(COC(=O)CCCCC)COP(=O)(O)OCC(N)C(=O)O. The Kier molecular flexibility index (Phi) is 32.6. The van der Waals surface area contributed by atoms with Gasteiger partial charge in [-0.15, -0.1) is 0 Å². The van der Waals surface area contributed by atoms with Crippen molar-refractivity contribution in [1.82, 2.24) is 0 Å². The van der Waals surface area contributed by atoms with Crippen molar-refractivity contribution < 1.29 is 47.5 Å². The molecule has 0 aliphatic carbocycles. The van der Waals surface area contributed by atoms with Crippen molar-refractivity contribution >= 4 is 25.7 Å². The number of phosphoric acid groups is 1. The van der Waals surface area contributed by atoms with Gasteiger partial charge in [0.25, 0.3) is 0 Å². The van der Waals surface area contributed by atoms with E-state index in [4.69, 9.17) is 24.8 Å². The van der Waals surface area contributed by atoms with Crippen LogP contribution in [0.15, 0.2) is 0 Å². The molecule has 11 nitrogen and oxygen atoms in total. The predicted molar refractivity (Wildman–Crippen MR) is 194 cm³/mol. The lowest BCUT2D eigenvalue weighted by molar-refractivity contribution is -0.161. The first-order valence-corrected chi connectivity index (χ1v) is 21.1. The Morgan fingerprint density at radius 3 is 1.33 bits per heavy atom. The maximum atomic E-state index is 12.5. The summed E-state index contributed by atoms with van der Waals surface area (Å²) in [5.74, 6) is -2.40. The van der Waals surface area contributed by atoms with Crippen molar-refractivity contribution in [3.63, 3.8) is 0 Å². The highest BCUT2D eigenvalue weighted by atomic mass is 31.2. The molecule has 0 saturated heterocycles. The fraction of sp³-hybridized carbons (Fsp3) is 0.919. The number of nitrogens with two attached hydrogens (primary N) is 1. The first kappa shape index (κ1) is 47.5. The van der Waals surface area contributed by atoms with E-state index in [-0.39, 0.29) is 19.4 Å². The molecule has 0 saturated carbocycles. The van der Waals surface area contributed by atoms with Gasteiger partial charge in [0.2, 0.25) is 0 Å². The van der Waals surface area contributed by atoms with Crippen LogP contribution in [0.1, 0.15) is 187 Å². The van der Waals surface area contributed by atoms with Gasteiger partial charge in [-0.1, -0.05) is 162 Å². The topological polar surface area (TPSA) is 172 Å². The van der Waals surface area contributed by atoms with Crippen LogP contribution in [0.2, 0.25) is 0 Å². The molecule has 0 spiro atoms. The van der Waals surface area contributed by atoms with Gasteiger partial charge in [0.1, 0.15) is 12.6 Å². The van der Waals surface area contributed by atoms with Crippen molar-refractivity contribution in [2.45, 2.75) is 199 Å². The number of phosphoric ester groups is 1. The van der Waals surface area contributed by atoms with Crippen molar-refractivity contribution in [1.29, 1.82) is 0 Å². The number of carbonyl (C=O) groups excluding carboxylic acids is 2. The molecule has 0 radical (unpaired) electrons. The van der Waals surface area contributed by atoms with Crippen LogP contribution in [0, 0.1) is 0 Å². The van der Waals surface area contributed by atoms with E-state index in [0.717, 1.165) is 32.1 Å². The summed E-state index contributed by atoms with van der Waals surface area (Å²) in [6.45, 7) is 2.61. The quantitative estimate of drug-likeness (QED) is 0.0317. The fourth-order valence-electron chi connectivity index (χ4n) is 5.48. The van der Waals surface area contributed by atoms with Crippen molar-refractivity contribution in [3.05, 3.63) is 0 Å². The number of hydrogen-bond donors (Lipinski definition) is 3. The summed E-state index contributed by atoms with van der Waals surface area (Å²) in [5.41, 5.74) is 5.29. The van der Waals surface area contributed by atoms with Gasteiger partial charge in [0.15, 0.2) is 6.10 Å². The second-order valence-electron chi connectivity index (χ2n) is 13.4. The average Bonchev–Trinajstić information content (AvgIpc) is 3.07. The lowest BCUT2D eigenvalue weighted by Crippen LogP contribution is -2.34. The summed E-state index contributed by atoms with van der Waals surface area (Å²) in [7, 11) is -4.69. The van der Waals surface area contributed by atoms with Gasteiger partial charge in [-0.3, -0.25) is 23.4 Å². The zero-order chi connectivity index (χ0) is 36.4. The molecule has 0 aliphatic heterocycles. The number of carbonyl (C=O) groups is 3. The van der Waals surface area contributed by atoms with E-state index < -0.39 is 51.1 Å². The van der Waals surface area contributed by atoms with E-state index in [2.05, 4.69) is 11.4 Å². The molecule has 0 amide bonds. The van der Waals surface area contributed by atoms with Crippen LogP contribution in [0.25, 0.3) is 0 Å². The lowest BCUT2D eigenvalue weighted by Gasteiger charge is -2.20.